The lowest BCUT2D eigenvalue weighted by Gasteiger charge is -2.06. The van der Waals surface area contributed by atoms with Crippen LogP contribution in [0, 0.1) is 24.0 Å². The highest BCUT2D eigenvalue weighted by molar-refractivity contribution is 6.31. The van der Waals surface area contributed by atoms with Crippen LogP contribution in [-0.2, 0) is 13.2 Å². The molecular formula is C20H21ClN4O5. The van der Waals surface area contributed by atoms with Crippen molar-refractivity contribution in [1.29, 1.82) is 0 Å². The lowest BCUT2D eigenvalue weighted by Crippen LogP contribution is -2.24. The number of nitro groups is 1. The molecule has 1 N–H and O–H groups in total. The molecule has 0 unspecified atom stereocenters. The van der Waals surface area contributed by atoms with Crippen molar-refractivity contribution in [2.45, 2.75) is 33.4 Å². The lowest BCUT2D eigenvalue weighted by atomic mass is 10.2. The molecule has 0 fully saturated rings. The number of ether oxygens (including phenoxy) is 1. The molecule has 0 bridgehead atoms. The molecule has 0 aliphatic heterocycles. The van der Waals surface area contributed by atoms with E-state index >= 15 is 0 Å². The summed E-state index contributed by atoms with van der Waals surface area (Å²) in [5.74, 6) is 0.320. The molecule has 0 saturated heterocycles. The summed E-state index contributed by atoms with van der Waals surface area (Å²) in [4.78, 5) is 22.9. The zero-order chi connectivity index (χ0) is 21.7. The van der Waals surface area contributed by atoms with Crippen LogP contribution in [0.2, 0.25) is 5.02 Å². The van der Waals surface area contributed by atoms with E-state index in [-0.39, 0.29) is 29.7 Å². The van der Waals surface area contributed by atoms with Gasteiger partial charge in [0.2, 0.25) is 0 Å². The van der Waals surface area contributed by atoms with Crippen molar-refractivity contribution in [3.8, 4) is 5.75 Å². The molecule has 3 aromatic rings. The summed E-state index contributed by atoms with van der Waals surface area (Å²) in [5, 5.41) is 18.8. The van der Waals surface area contributed by atoms with E-state index < -0.39 is 4.92 Å². The number of benzene rings is 1. The molecule has 158 valence electrons. The Morgan fingerprint density at radius 1 is 1.33 bits per heavy atom. The number of carbonyl (C=O) groups excluding carboxylic acids is 1. The monoisotopic (exact) mass is 432 g/mol. The maximum Gasteiger partial charge on any atom is 0.311 e. The fourth-order valence-electron chi connectivity index (χ4n) is 2.76. The van der Waals surface area contributed by atoms with E-state index in [1.165, 1.54) is 18.2 Å². The van der Waals surface area contributed by atoms with Gasteiger partial charge in [0, 0.05) is 25.4 Å². The van der Waals surface area contributed by atoms with Crippen LogP contribution in [0.3, 0.4) is 0 Å². The number of hydrogen-bond acceptors (Lipinski definition) is 6. The lowest BCUT2D eigenvalue weighted by molar-refractivity contribution is -0.386. The van der Waals surface area contributed by atoms with Crippen LogP contribution < -0.4 is 10.1 Å². The quantitative estimate of drug-likeness (QED) is 0.310. The molecule has 1 aromatic carbocycles. The number of nitrogens with one attached hydrogen (secondary N) is 1. The minimum absolute atomic E-state index is 0.0312. The van der Waals surface area contributed by atoms with Gasteiger partial charge in [-0.1, -0.05) is 17.7 Å². The molecule has 0 saturated carbocycles. The zero-order valence-corrected chi connectivity index (χ0v) is 17.3. The Kier molecular flexibility index (Phi) is 6.73. The minimum atomic E-state index is -0.498. The van der Waals surface area contributed by atoms with Crippen LogP contribution in [-0.4, -0.2) is 27.2 Å². The summed E-state index contributed by atoms with van der Waals surface area (Å²) in [7, 11) is 0. The van der Waals surface area contributed by atoms with Gasteiger partial charge in [0.05, 0.1) is 15.6 Å². The predicted octanol–water partition coefficient (Wildman–Crippen LogP) is 4.05. The number of nitro benzene ring substituents is 1. The molecule has 0 spiro atoms. The van der Waals surface area contributed by atoms with Gasteiger partial charge in [-0.2, -0.15) is 5.10 Å². The standard InChI is InChI=1S/C20H21ClN4O5/c1-13-4-6-18(17(10-13)25(27)28)29-12-15-5-7-19(30-15)20(26)22-8-3-9-24-11-16(21)14(2)23-24/h4-7,10-11H,3,8-9,12H2,1-2H3,(H,22,26). The normalized spacial score (nSPS) is 10.8. The first kappa shape index (κ1) is 21.4. The Hall–Kier alpha value is -3.33. The number of amides is 1. The van der Waals surface area contributed by atoms with Gasteiger partial charge in [-0.25, -0.2) is 0 Å². The maximum absolute atomic E-state index is 12.2. The van der Waals surface area contributed by atoms with Crippen LogP contribution >= 0.6 is 11.6 Å². The van der Waals surface area contributed by atoms with Crippen LogP contribution in [0.1, 0.15) is 34.0 Å². The predicted molar refractivity (Wildman–Crippen MR) is 110 cm³/mol. The van der Waals surface area contributed by atoms with Crippen molar-refractivity contribution >= 4 is 23.2 Å². The molecule has 1 amide bonds. The van der Waals surface area contributed by atoms with Crippen LogP contribution in [0.15, 0.2) is 40.9 Å². The van der Waals surface area contributed by atoms with Crippen LogP contribution in [0.25, 0.3) is 0 Å². The van der Waals surface area contributed by atoms with Crippen molar-refractivity contribution in [2.24, 2.45) is 0 Å². The maximum atomic E-state index is 12.2. The average molecular weight is 433 g/mol. The van der Waals surface area contributed by atoms with Crippen molar-refractivity contribution in [2.75, 3.05) is 6.54 Å². The summed E-state index contributed by atoms with van der Waals surface area (Å²) in [6, 6.07) is 7.84. The second-order valence-electron chi connectivity index (χ2n) is 6.72. The molecule has 30 heavy (non-hydrogen) atoms. The number of carbonyl (C=O) groups is 1. The largest absolute Gasteiger partial charge is 0.479 e. The second-order valence-corrected chi connectivity index (χ2v) is 7.13. The Morgan fingerprint density at radius 2 is 2.13 bits per heavy atom. The van der Waals surface area contributed by atoms with Gasteiger partial charge in [-0.15, -0.1) is 0 Å². The zero-order valence-electron chi connectivity index (χ0n) is 16.6. The van der Waals surface area contributed by atoms with Gasteiger partial charge in [0.15, 0.2) is 11.5 Å². The molecule has 3 rings (SSSR count). The fourth-order valence-corrected chi connectivity index (χ4v) is 2.91. The topological polar surface area (TPSA) is 112 Å². The first-order valence-electron chi connectivity index (χ1n) is 9.28. The van der Waals surface area contributed by atoms with E-state index in [4.69, 9.17) is 20.8 Å². The van der Waals surface area contributed by atoms with Crippen molar-refractivity contribution in [3.05, 3.63) is 74.4 Å². The summed E-state index contributed by atoms with van der Waals surface area (Å²) in [6.45, 7) is 4.63. The Bertz CT molecular complexity index is 1040. The van der Waals surface area contributed by atoms with Crippen molar-refractivity contribution < 1.29 is 18.9 Å². The summed E-state index contributed by atoms with van der Waals surface area (Å²) < 4.78 is 12.7. The Labute approximate surface area is 177 Å². The van der Waals surface area contributed by atoms with Gasteiger partial charge in [0.25, 0.3) is 5.91 Å². The van der Waals surface area contributed by atoms with Gasteiger partial charge in [0.1, 0.15) is 12.4 Å². The molecular weight excluding hydrogens is 412 g/mol. The number of rotatable bonds is 9. The molecule has 0 aliphatic rings. The van der Waals surface area contributed by atoms with Gasteiger partial charge >= 0.3 is 5.69 Å². The number of nitrogens with zero attached hydrogens (tertiary/aromatic N) is 3. The van der Waals surface area contributed by atoms with E-state index in [1.807, 2.05) is 6.92 Å². The van der Waals surface area contributed by atoms with E-state index in [2.05, 4.69) is 10.4 Å². The highest BCUT2D eigenvalue weighted by Gasteiger charge is 2.16. The fraction of sp³-hybridized carbons (Fsp3) is 0.300. The molecule has 0 atom stereocenters. The summed E-state index contributed by atoms with van der Waals surface area (Å²) >= 11 is 5.96. The van der Waals surface area contributed by atoms with Crippen LogP contribution in [0.5, 0.6) is 5.75 Å². The molecule has 2 heterocycles. The highest BCUT2D eigenvalue weighted by atomic mass is 35.5. The summed E-state index contributed by atoms with van der Waals surface area (Å²) in [5.41, 5.74) is 1.41. The molecule has 2 aromatic heterocycles. The third kappa shape index (κ3) is 5.38. The van der Waals surface area contributed by atoms with E-state index in [1.54, 1.807) is 29.9 Å². The molecule has 10 heteroatoms. The Balaban J connectivity index is 1.48. The molecule has 9 nitrogen and oxygen atoms in total. The van der Waals surface area contributed by atoms with Gasteiger partial charge in [-0.3, -0.25) is 19.6 Å². The van der Waals surface area contributed by atoms with E-state index in [0.29, 0.717) is 30.3 Å². The number of halogens is 1. The number of aryl methyl sites for hydroxylation is 3. The highest BCUT2D eigenvalue weighted by Crippen LogP contribution is 2.28. The first-order chi connectivity index (χ1) is 14.3. The van der Waals surface area contributed by atoms with Gasteiger partial charge < -0.3 is 14.5 Å². The second kappa shape index (κ2) is 9.45. The van der Waals surface area contributed by atoms with E-state index in [0.717, 1.165) is 11.3 Å². The average Bonchev–Trinajstić information content (AvgIpc) is 3.30. The van der Waals surface area contributed by atoms with Crippen LogP contribution in [0.4, 0.5) is 5.69 Å². The van der Waals surface area contributed by atoms with Crippen molar-refractivity contribution in [1.82, 2.24) is 15.1 Å². The SMILES string of the molecule is Cc1ccc(OCc2ccc(C(=O)NCCCn3cc(Cl)c(C)n3)o2)c([N+](=O)[O-])c1. The third-order valence-corrected chi connectivity index (χ3v) is 4.67. The summed E-state index contributed by atoms with van der Waals surface area (Å²) in [6.07, 6.45) is 2.42. The third-order valence-electron chi connectivity index (χ3n) is 4.30. The van der Waals surface area contributed by atoms with Gasteiger partial charge in [-0.05, 0) is 44.0 Å². The Morgan fingerprint density at radius 3 is 2.83 bits per heavy atom. The van der Waals surface area contributed by atoms with E-state index in [9.17, 15) is 14.9 Å². The number of hydrogen-bond donors (Lipinski definition) is 1. The smallest absolute Gasteiger partial charge is 0.311 e. The minimum Gasteiger partial charge on any atom is -0.479 e. The number of aromatic nitrogens is 2. The molecule has 0 aliphatic carbocycles. The number of furan rings is 1. The van der Waals surface area contributed by atoms with Crippen molar-refractivity contribution in [3.63, 3.8) is 0 Å². The first-order valence-corrected chi connectivity index (χ1v) is 9.65. The molecule has 0 radical (unpaired) electrons.